The Balaban J connectivity index is 1.69. The van der Waals surface area contributed by atoms with Crippen molar-refractivity contribution in [3.05, 3.63) is 53.8 Å². The number of amides is 2. The number of ether oxygens (including phenoxy) is 2. The maximum atomic E-state index is 12.9. The first-order valence-corrected chi connectivity index (χ1v) is 8.59. The van der Waals surface area contributed by atoms with Gasteiger partial charge < -0.3 is 19.7 Å². The van der Waals surface area contributed by atoms with E-state index in [1.165, 1.54) is 19.2 Å². The number of carbonyl (C=O) groups excluding carboxylic acids is 2. The molecule has 2 aromatic rings. The van der Waals surface area contributed by atoms with Crippen molar-refractivity contribution in [2.45, 2.75) is 13.0 Å². The van der Waals surface area contributed by atoms with Crippen LogP contribution in [0.5, 0.6) is 11.5 Å². The highest BCUT2D eigenvalue weighted by Gasteiger charge is 2.38. The van der Waals surface area contributed by atoms with Gasteiger partial charge in [0.1, 0.15) is 23.2 Å². The molecule has 0 bridgehead atoms. The third kappa shape index (κ3) is 4.02. The molecule has 0 saturated carbocycles. The second kappa shape index (κ2) is 8.07. The van der Waals surface area contributed by atoms with E-state index < -0.39 is 5.92 Å². The molecule has 1 aliphatic heterocycles. The maximum Gasteiger partial charge on any atom is 0.239 e. The van der Waals surface area contributed by atoms with Gasteiger partial charge in [-0.15, -0.1) is 0 Å². The summed E-state index contributed by atoms with van der Waals surface area (Å²) in [7, 11) is 3.07. The van der Waals surface area contributed by atoms with Crippen LogP contribution in [0.3, 0.4) is 0 Å². The minimum absolute atomic E-state index is 0.241. The Labute approximate surface area is 156 Å². The molecule has 1 heterocycles. The van der Waals surface area contributed by atoms with Crippen LogP contribution in [0, 0.1) is 11.7 Å². The second-order valence-corrected chi connectivity index (χ2v) is 6.21. The fraction of sp³-hybridized carbons (Fsp3) is 0.300. The highest BCUT2D eigenvalue weighted by molar-refractivity contribution is 6.10. The molecule has 1 N–H and O–H groups in total. The van der Waals surface area contributed by atoms with Crippen molar-refractivity contribution in [1.82, 2.24) is 5.32 Å². The van der Waals surface area contributed by atoms with E-state index in [9.17, 15) is 14.0 Å². The SMILES string of the molecule is COc1ccc(OC)c(N2CCC(C(=O)NCc3ccc(F)cc3)C2=O)c1. The quantitative estimate of drug-likeness (QED) is 0.792. The van der Waals surface area contributed by atoms with Gasteiger partial charge in [-0.1, -0.05) is 12.1 Å². The summed E-state index contributed by atoms with van der Waals surface area (Å²) in [5.41, 5.74) is 1.34. The topological polar surface area (TPSA) is 67.9 Å². The van der Waals surface area contributed by atoms with E-state index in [1.54, 1.807) is 42.3 Å². The van der Waals surface area contributed by atoms with E-state index in [0.29, 0.717) is 30.2 Å². The molecule has 27 heavy (non-hydrogen) atoms. The van der Waals surface area contributed by atoms with Gasteiger partial charge in [0.2, 0.25) is 11.8 Å². The van der Waals surface area contributed by atoms with Crippen LogP contribution >= 0.6 is 0 Å². The normalized spacial score (nSPS) is 16.3. The Bertz CT molecular complexity index is 838. The number of anilines is 1. The maximum absolute atomic E-state index is 12.9. The zero-order valence-electron chi connectivity index (χ0n) is 15.2. The number of benzene rings is 2. The molecule has 1 fully saturated rings. The highest BCUT2D eigenvalue weighted by atomic mass is 19.1. The molecular formula is C20H21FN2O4. The van der Waals surface area contributed by atoms with Gasteiger partial charge in [0.05, 0.1) is 19.9 Å². The van der Waals surface area contributed by atoms with Crippen LogP contribution in [0.1, 0.15) is 12.0 Å². The molecular weight excluding hydrogens is 351 g/mol. The smallest absolute Gasteiger partial charge is 0.239 e. The summed E-state index contributed by atoms with van der Waals surface area (Å²) in [5, 5.41) is 2.75. The van der Waals surface area contributed by atoms with E-state index in [0.717, 1.165) is 5.56 Å². The first-order valence-electron chi connectivity index (χ1n) is 8.59. The van der Waals surface area contributed by atoms with Gasteiger partial charge in [0, 0.05) is 19.2 Å². The van der Waals surface area contributed by atoms with Crippen molar-refractivity contribution in [3.8, 4) is 11.5 Å². The minimum atomic E-state index is -0.763. The highest BCUT2D eigenvalue weighted by Crippen LogP contribution is 2.36. The Morgan fingerprint density at radius 3 is 2.59 bits per heavy atom. The standard InChI is InChI=1S/C20H21FN2O4/c1-26-15-7-8-18(27-2)17(11-15)23-10-9-16(20(23)25)19(24)22-12-13-3-5-14(21)6-4-13/h3-8,11,16H,9-10,12H2,1-2H3,(H,22,24). The number of halogens is 1. The third-order valence-electron chi connectivity index (χ3n) is 4.58. The summed E-state index contributed by atoms with van der Waals surface area (Å²) in [4.78, 5) is 26.8. The first-order chi connectivity index (χ1) is 13.0. The number of methoxy groups -OCH3 is 2. The van der Waals surface area contributed by atoms with Crippen LogP contribution in [0.25, 0.3) is 0 Å². The molecule has 142 valence electrons. The monoisotopic (exact) mass is 372 g/mol. The number of hydrogen-bond acceptors (Lipinski definition) is 4. The summed E-state index contributed by atoms with van der Waals surface area (Å²) in [6.07, 6.45) is 0.411. The molecule has 7 heteroatoms. The van der Waals surface area contributed by atoms with Crippen LogP contribution in [-0.2, 0) is 16.1 Å². The molecule has 2 amide bonds. The number of rotatable bonds is 6. The average molecular weight is 372 g/mol. The van der Waals surface area contributed by atoms with Gasteiger partial charge in [0.15, 0.2) is 0 Å². The molecule has 6 nitrogen and oxygen atoms in total. The molecule has 2 aromatic carbocycles. The summed E-state index contributed by atoms with van der Waals surface area (Å²) in [5.74, 6) is -0.577. The lowest BCUT2D eigenvalue weighted by molar-refractivity contribution is -0.132. The van der Waals surface area contributed by atoms with E-state index in [-0.39, 0.29) is 24.2 Å². The predicted molar refractivity (Wildman–Crippen MR) is 98.3 cm³/mol. The van der Waals surface area contributed by atoms with Gasteiger partial charge in [-0.2, -0.15) is 0 Å². The fourth-order valence-electron chi connectivity index (χ4n) is 3.08. The van der Waals surface area contributed by atoms with Crippen LogP contribution in [-0.4, -0.2) is 32.6 Å². The molecule has 0 radical (unpaired) electrons. The molecule has 0 aliphatic carbocycles. The Morgan fingerprint density at radius 1 is 1.19 bits per heavy atom. The number of nitrogens with zero attached hydrogens (tertiary/aromatic N) is 1. The van der Waals surface area contributed by atoms with Crippen LogP contribution < -0.4 is 19.7 Å². The summed E-state index contributed by atoms with van der Waals surface area (Å²) >= 11 is 0. The molecule has 0 aromatic heterocycles. The summed E-state index contributed by atoms with van der Waals surface area (Å²) < 4.78 is 23.5. The molecule has 3 rings (SSSR count). The van der Waals surface area contributed by atoms with Gasteiger partial charge in [-0.25, -0.2) is 4.39 Å². The van der Waals surface area contributed by atoms with Gasteiger partial charge in [0.25, 0.3) is 0 Å². The zero-order valence-corrected chi connectivity index (χ0v) is 15.2. The Hall–Kier alpha value is -3.09. The molecule has 1 atom stereocenters. The van der Waals surface area contributed by atoms with Crippen molar-refractivity contribution in [1.29, 1.82) is 0 Å². The minimum Gasteiger partial charge on any atom is -0.497 e. The van der Waals surface area contributed by atoms with Crippen LogP contribution in [0.15, 0.2) is 42.5 Å². The molecule has 0 spiro atoms. The van der Waals surface area contributed by atoms with Crippen molar-refractivity contribution in [3.63, 3.8) is 0 Å². The zero-order chi connectivity index (χ0) is 19.4. The summed E-state index contributed by atoms with van der Waals surface area (Å²) in [6.45, 7) is 0.655. The molecule has 1 aliphatic rings. The fourth-order valence-corrected chi connectivity index (χ4v) is 3.08. The predicted octanol–water partition coefficient (Wildman–Crippen LogP) is 2.51. The third-order valence-corrected chi connectivity index (χ3v) is 4.58. The van der Waals surface area contributed by atoms with Gasteiger partial charge in [-0.3, -0.25) is 9.59 Å². The molecule has 1 saturated heterocycles. The number of nitrogens with one attached hydrogen (secondary N) is 1. The van der Waals surface area contributed by atoms with Crippen LogP contribution in [0.4, 0.5) is 10.1 Å². The van der Waals surface area contributed by atoms with Crippen molar-refractivity contribution in [2.24, 2.45) is 5.92 Å². The lowest BCUT2D eigenvalue weighted by Gasteiger charge is -2.20. The lowest BCUT2D eigenvalue weighted by atomic mass is 10.1. The number of hydrogen-bond donors (Lipinski definition) is 1. The van der Waals surface area contributed by atoms with Crippen molar-refractivity contribution in [2.75, 3.05) is 25.7 Å². The summed E-state index contributed by atoms with van der Waals surface area (Å²) in [6, 6.07) is 11.0. The average Bonchev–Trinajstić information content (AvgIpc) is 3.08. The first kappa shape index (κ1) is 18.7. The largest absolute Gasteiger partial charge is 0.497 e. The van der Waals surface area contributed by atoms with Crippen molar-refractivity contribution >= 4 is 17.5 Å². The van der Waals surface area contributed by atoms with E-state index >= 15 is 0 Å². The van der Waals surface area contributed by atoms with E-state index in [4.69, 9.17) is 9.47 Å². The molecule has 1 unspecified atom stereocenters. The second-order valence-electron chi connectivity index (χ2n) is 6.21. The van der Waals surface area contributed by atoms with Gasteiger partial charge >= 0.3 is 0 Å². The lowest BCUT2D eigenvalue weighted by Crippen LogP contribution is -2.36. The van der Waals surface area contributed by atoms with E-state index in [1.807, 2.05) is 0 Å². The Kier molecular flexibility index (Phi) is 5.59. The Morgan fingerprint density at radius 2 is 1.93 bits per heavy atom. The van der Waals surface area contributed by atoms with Crippen LogP contribution in [0.2, 0.25) is 0 Å². The van der Waals surface area contributed by atoms with Gasteiger partial charge in [-0.05, 0) is 36.2 Å². The number of carbonyl (C=O) groups is 2. The van der Waals surface area contributed by atoms with Crippen molar-refractivity contribution < 1.29 is 23.5 Å². The van der Waals surface area contributed by atoms with E-state index in [2.05, 4.69) is 5.32 Å².